The summed E-state index contributed by atoms with van der Waals surface area (Å²) in [5.41, 5.74) is 2.08. The highest BCUT2D eigenvalue weighted by atomic mass is 19.1. The van der Waals surface area contributed by atoms with Gasteiger partial charge in [0, 0.05) is 25.5 Å². The van der Waals surface area contributed by atoms with Gasteiger partial charge >= 0.3 is 0 Å². The summed E-state index contributed by atoms with van der Waals surface area (Å²) in [6.45, 7) is 3.81. The fourth-order valence-electron chi connectivity index (χ4n) is 3.71. The van der Waals surface area contributed by atoms with Crippen molar-refractivity contribution in [1.29, 1.82) is 0 Å². The SMILES string of the molecule is CC1CCN(C(=O)c2ccc(NC(c3cccc(F)c3)c3ccccn3)nc2)CC1. The highest BCUT2D eigenvalue weighted by Crippen LogP contribution is 2.25. The summed E-state index contributed by atoms with van der Waals surface area (Å²) in [4.78, 5) is 23.5. The summed E-state index contributed by atoms with van der Waals surface area (Å²) in [6.07, 6.45) is 5.39. The van der Waals surface area contributed by atoms with Crippen molar-refractivity contribution in [2.45, 2.75) is 25.8 Å². The highest BCUT2D eigenvalue weighted by molar-refractivity contribution is 5.94. The number of aromatic nitrogens is 2. The largest absolute Gasteiger partial charge is 0.358 e. The van der Waals surface area contributed by atoms with E-state index in [1.54, 1.807) is 30.6 Å². The molecule has 0 radical (unpaired) electrons. The first-order valence-electron chi connectivity index (χ1n) is 10.3. The number of anilines is 1. The number of pyridine rings is 2. The van der Waals surface area contributed by atoms with E-state index in [-0.39, 0.29) is 17.8 Å². The van der Waals surface area contributed by atoms with Crippen molar-refractivity contribution in [3.63, 3.8) is 0 Å². The van der Waals surface area contributed by atoms with Gasteiger partial charge in [-0.15, -0.1) is 0 Å². The minimum atomic E-state index is -0.362. The van der Waals surface area contributed by atoms with Gasteiger partial charge in [-0.3, -0.25) is 9.78 Å². The number of hydrogen-bond acceptors (Lipinski definition) is 4. The Balaban J connectivity index is 1.53. The van der Waals surface area contributed by atoms with Crippen molar-refractivity contribution in [1.82, 2.24) is 14.9 Å². The predicted molar refractivity (Wildman–Crippen MR) is 115 cm³/mol. The molecule has 0 bridgehead atoms. The minimum Gasteiger partial charge on any atom is -0.358 e. The number of nitrogens with one attached hydrogen (secondary N) is 1. The second kappa shape index (κ2) is 9.03. The minimum absolute atomic E-state index is 0.0207. The van der Waals surface area contributed by atoms with Crippen molar-refractivity contribution >= 4 is 11.7 Å². The van der Waals surface area contributed by atoms with Gasteiger partial charge in [0.1, 0.15) is 11.6 Å². The molecule has 0 aliphatic carbocycles. The molecule has 2 aromatic heterocycles. The summed E-state index contributed by atoms with van der Waals surface area (Å²) in [5.74, 6) is 0.983. The molecule has 1 fully saturated rings. The third kappa shape index (κ3) is 4.64. The number of amides is 1. The van der Waals surface area contributed by atoms with Crippen LogP contribution in [0.2, 0.25) is 0 Å². The van der Waals surface area contributed by atoms with Gasteiger partial charge in [-0.2, -0.15) is 0 Å². The average Bonchev–Trinajstić information content (AvgIpc) is 2.78. The maximum Gasteiger partial charge on any atom is 0.255 e. The zero-order valence-electron chi connectivity index (χ0n) is 17.0. The van der Waals surface area contributed by atoms with Gasteiger partial charge in [-0.1, -0.05) is 25.1 Å². The molecule has 5 nitrogen and oxygen atoms in total. The summed E-state index contributed by atoms with van der Waals surface area (Å²) < 4.78 is 13.8. The normalized spacial score (nSPS) is 15.6. The quantitative estimate of drug-likeness (QED) is 0.670. The van der Waals surface area contributed by atoms with E-state index < -0.39 is 0 Å². The Hall–Kier alpha value is -3.28. The van der Waals surface area contributed by atoms with Crippen LogP contribution in [0.15, 0.2) is 67.0 Å². The van der Waals surface area contributed by atoms with E-state index in [4.69, 9.17) is 0 Å². The second-order valence-electron chi connectivity index (χ2n) is 7.79. The molecule has 1 aliphatic rings. The molecule has 1 amide bonds. The molecule has 1 atom stereocenters. The first kappa shape index (κ1) is 20.0. The highest BCUT2D eigenvalue weighted by Gasteiger charge is 2.22. The van der Waals surface area contributed by atoms with Crippen LogP contribution in [0.1, 0.15) is 47.4 Å². The van der Waals surface area contributed by atoms with Gasteiger partial charge < -0.3 is 10.2 Å². The van der Waals surface area contributed by atoms with E-state index in [1.165, 1.54) is 12.1 Å². The zero-order chi connectivity index (χ0) is 20.9. The van der Waals surface area contributed by atoms with Crippen LogP contribution >= 0.6 is 0 Å². The summed E-state index contributed by atoms with van der Waals surface area (Å²) in [5, 5.41) is 3.33. The Morgan fingerprint density at radius 2 is 1.93 bits per heavy atom. The first-order valence-corrected chi connectivity index (χ1v) is 10.3. The summed E-state index contributed by atoms with van der Waals surface area (Å²) >= 11 is 0. The standard InChI is InChI=1S/C24H25FN4O/c1-17-10-13-29(14-11-17)24(30)19-8-9-22(27-16-19)28-23(21-7-2-3-12-26-21)18-5-4-6-20(25)15-18/h2-9,12,15-17,23H,10-11,13-14H2,1H3,(H,27,28). The van der Waals surface area contributed by atoms with E-state index in [9.17, 15) is 9.18 Å². The maximum absolute atomic E-state index is 13.8. The molecule has 4 rings (SSSR count). The van der Waals surface area contributed by atoms with Crippen LogP contribution in [0.3, 0.4) is 0 Å². The summed E-state index contributed by atoms with van der Waals surface area (Å²) in [7, 11) is 0. The number of benzene rings is 1. The van der Waals surface area contributed by atoms with E-state index in [0.29, 0.717) is 17.3 Å². The van der Waals surface area contributed by atoms with Gasteiger partial charge in [0.25, 0.3) is 5.91 Å². The van der Waals surface area contributed by atoms with Crippen LogP contribution in [0, 0.1) is 11.7 Å². The van der Waals surface area contributed by atoms with E-state index >= 15 is 0 Å². The fraction of sp³-hybridized carbons (Fsp3) is 0.292. The summed E-state index contributed by atoms with van der Waals surface area (Å²) in [6, 6.07) is 15.3. The number of nitrogens with zero attached hydrogens (tertiary/aromatic N) is 3. The Kier molecular flexibility index (Phi) is 6.02. The van der Waals surface area contributed by atoms with Gasteiger partial charge in [0.2, 0.25) is 0 Å². The lowest BCUT2D eigenvalue weighted by molar-refractivity contribution is 0.0697. The van der Waals surface area contributed by atoms with E-state index in [2.05, 4.69) is 22.2 Å². The van der Waals surface area contributed by atoms with Gasteiger partial charge in [0.05, 0.1) is 17.3 Å². The smallest absolute Gasteiger partial charge is 0.255 e. The third-order valence-corrected chi connectivity index (χ3v) is 5.54. The Bertz CT molecular complexity index is 986. The van der Waals surface area contributed by atoms with E-state index in [0.717, 1.165) is 37.2 Å². The first-order chi connectivity index (χ1) is 14.6. The van der Waals surface area contributed by atoms with Gasteiger partial charge in [-0.05, 0) is 60.7 Å². The van der Waals surface area contributed by atoms with Crippen LogP contribution < -0.4 is 5.32 Å². The third-order valence-electron chi connectivity index (χ3n) is 5.54. The predicted octanol–water partition coefficient (Wildman–Crippen LogP) is 4.69. The second-order valence-corrected chi connectivity index (χ2v) is 7.79. The molecule has 1 aromatic carbocycles. The van der Waals surface area contributed by atoms with Crippen LogP contribution in [-0.2, 0) is 0 Å². The number of likely N-dealkylation sites (tertiary alicyclic amines) is 1. The Morgan fingerprint density at radius 1 is 1.10 bits per heavy atom. The van der Waals surface area contributed by atoms with Crippen molar-refractivity contribution in [3.8, 4) is 0 Å². The van der Waals surface area contributed by atoms with Crippen molar-refractivity contribution in [3.05, 3.63) is 89.6 Å². The molecular formula is C24H25FN4O. The number of carbonyl (C=O) groups is 1. The average molecular weight is 404 g/mol. The molecule has 30 heavy (non-hydrogen) atoms. The molecule has 3 heterocycles. The number of piperidine rings is 1. The molecule has 3 aromatic rings. The fourth-order valence-corrected chi connectivity index (χ4v) is 3.71. The Morgan fingerprint density at radius 3 is 2.60 bits per heavy atom. The number of halogens is 1. The molecular weight excluding hydrogens is 379 g/mol. The van der Waals surface area contributed by atoms with Crippen LogP contribution in [-0.4, -0.2) is 33.9 Å². The van der Waals surface area contributed by atoms with Crippen LogP contribution in [0.25, 0.3) is 0 Å². The molecule has 1 aliphatic heterocycles. The lowest BCUT2D eigenvalue weighted by Crippen LogP contribution is -2.37. The van der Waals surface area contributed by atoms with Crippen molar-refractivity contribution in [2.24, 2.45) is 5.92 Å². The van der Waals surface area contributed by atoms with Crippen LogP contribution in [0.4, 0.5) is 10.2 Å². The lowest BCUT2D eigenvalue weighted by atomic mass is 9.99. The molecule has 1 saturated heterocycles. The molecule has 0 saturated carbocycles. The van der Waals surface area contributed by atoms with Gasteiger partial charge in [-0.25, -0.2) is 9.37 Å². The number of carbonyl (C=O) groups excluding carboxylic acids is 1. The van der Waals surface area contributed by atoms with Crippen molar-refractivity contribution < 1.29 is 9.18 Å². The number of rotatable bonds is 5. The number of hydrogen-bond donors (Lipinski definition) is 1. The molecule has 1 unspecified atom stereocenters. The molecule has 1 N–H and O–H groups in total. The Labute approximate surface area is 176 Å². The maximum atomic E-state index is 13.8. The van der Waals surface area contributed by atoms with Gasteiger partial charge in [0.15, 0.2) is 0 Å². The van der Waals surface area contributed by atoms with Crippen LogP contribution in [0.5, 0.6) is 0 Å². The molecule has 154 valence electrons. The topological polar surface area (TPSA) is 58.1 Å². The molecule has 0 spiro atoms. The molecule has 6 heteroatoms. The lowest BCUT2D eigenvalue weighted by Gasteiger charge is -2.30. The zero-order valence-corrected chi connectivity index (χ0v) is 17.0. The monoisotopic (exact) mass is 404 g/mol. The van der Waals surface area contributed by atoms with E-state index in [1.807, 2.05) is 29.2 Å². The van der Waals surface area contributed by atoms with Crippen molar-refractivity contribution in [2.75, 3.05) is 18.4 Å².